The Morgan fingerprint density at radius 3 is 2.78 bits per heavy atom. The monoisotopic (exact) mass is 302 g/mol. The Kier molecular flexibility index (Phi) is 5.74. The summed E-state index contributed by atoms with van der Waals surface area (Å²) in [7, 11) is 0. The van der Waals surface area contributed by atoms with Gasteiger partial charge in [-0.2, -0.15) is 23.5 Å². The van der Waals surface area contributed by atoms with E-state index in [0.717, 1.165) is 22.8 Å². The molecule has 3 unspecified atom stereocenters. The van der Waals surface area contributed by atoms with Gasteiger partial charge in [0, 0.05) is 33.4 Å². The average molecular weight is 303 g/mol. The van der Waals surface area contributed by atoms with Gasteiger partial charge in [0.1, 0.15) is 0 Å². The summed E-state index contributed by atoms with van der Waals surface area (Å²) in [6.45, 7) is 2.21. The van der Waals surface area contributed by atoms with Crippen molar-refractivity contribution >= 4 is 35.1 Å². The zero-order valence-corrected chi connectivity index (χ0v) is 12.9. The van der Waals surface area contributed by atoms with Gasteiger partial charge < -0.3 is 5.11 Å². The lowest BCUT2D eigenvalue weighted by atomic mass is 10.0. The molecule has 0 spiro atoms. The van der Waals surface area contributed by atoms with Crippen LogP contribution in [0.2, 0.25) is 5.02 Å². The first-order chi connectivity index (χ1) is 8.72. The Balaban J connectivity index is 2.02. The summed E-state index contributed by atoms with van der Waals surface area (Å²) in [5, 5.41) is 12.1. The summed E-state index contributed by atoms with van der Waals surface area (Å²) in [5.41, 5.74) is 1.05. The third-order valence-electron chi connectivity index (χ3n) is 3.26. The van der Waals surface area contributed by atoms with Crippen LogP contribution in [0.4, 0.5) is 0 Å². The highest BCUT2D eigenvalue weighted by atomic mass is 35.5. The molecule has 0 amide bonds. The van der Waals surface area contributed by atoms with Gasteiger partial charge in [-0.05, 0) is 18.1 Å². The van der Waals surface area contributed by atoms with Crippen molar-refractivity contribution in [3.05, 3.63) is 34.9 Å². The van der Waals surface area contributed by atoms with E-state index in [-0.39, 0.29) is 6.10 Å². The molecule has 1 fully saturated rings. The van der Waals surface area contributed by atoms with E-state index in [9.17, 15) is 5.11 Å². The number of aliphatic hydroxyl groups is 1. The second-order valence-corrected chi connectivity index (χ2v) is 7.56. The molecule has 0 radical (unpaired) electrons. The molecule has 0 aromatic heterocycles. The molecule has 2 rings (SSSR count). The van der Waals surface area contributed by atoms with E-state index in [0.29, 0.717) is 16.9 Å². The van der Waals surface area contributed by atoms with Crippen molar-refractivity contribution in [2.24, 2.45) is 0 Å². The predicted molar refractivity (Wildman–Crippen MR) is 83.9 cm³/mol. The maximum Gasteiger partial charge on any atom is 0.0710 e. The SMILES string of the molecule is CCC1SCCSC1C(O)Cc1ccccc1Cl. The van der Waals surface area contributed by atoms with Gasteiger partial charge in [-0.3, -0.25) is 0 Å². The molecule has 0 aliphatic carbocycles. The summed E-state index contributed by atoms with van der Waals surface area (Å²) in [5.74, 6) is 2.35. The van der Waals surface area contributed by atoms with Crippen LogP contribution in [0.25, 0.3) is 0 Å². The number of benzene rings is 1. The molecular weight excluding hydrogens is 284 g/mol. The average Bonchev–Trinajstić information content (AvgIpc) is 2.41. The molecule has 1 aliphatic rings. The van der Waals surface area contributed by atoms with Crippen molar-refractivity contribution in [1.29, 1.82) is 0 Å². The standard InChI is InChI=1S/C14H19ClOS2/c1-2-13-14(18-8-7-17-13)12(16)9-10-5-3-4-6-11(10)15/h3-6,12-14,16H,2,7-9H2,1H3. The fourth-order valence-electron chi connectivity index (χ4n) is 2.30. The maximum atomic E-state index is 10.5. The van der Waals surface area contributed by atoms with Crippen molar-refractivity contribution in [3.8, 4) is 0 Å². The summed E-state index contributed by atoms with van der Waals surface area (Å²) < 4.78 is 0. The topological polar surface area (TPSA) is 20.2 Å². The number of rotatable bonds is 4. The fourth-order valence-corrected chi connectivity index (χ4v) is 5.66. The molecule has 1 saturated heterocycles. The van der Waals surface area contributed by atoms with E-state index in [1.54, 1.807) is 0 Å². The number of halogens is 1. The fraction of sp³-hybridized carbons (Fsp3) is 0.571. The minimum Gasteiger partial charge on any atom is -0.392 e. The Labute approximate surface area is 123 Å². The zero-order valence-electron chi connectivity index (χ0n) is 10.5. The summed E-state index contributed by atoms with van der Waals surface area (Å²) in [6.07, 6.45) is 1.49. The second-order valence-electron chi connectivity index (χ2n) is 4.52. The Morgan fingerprint density at radius 1 is 1.33 bits per heavy atom. The Morgan fingerprint density at radius 2 is 2.06 bits per heavy atom. The van der Waals surface area contributed by atoms with Gasteiger partial charge in [0.15, 0.2) is 0 Å². The van der Waals surface area contributed by atoms with Crippen molar-refractivity contribution < 1.29 is 5.11 Å². The molecule has 4 heteroatoms. The first-order valence-corrected chi connectivity index (χ1v) is 8.84. The third-order valence-corrected chi connectivity index (χ3v) is 7.02. The van der Waals surface area contributed by atoms with Crippen molar-refractivity contribution in [3.63, 3.8) is 0 Å². The number of hydrogen-bond donors (Lipinski definition) is 1. The molecule has 1 aromatic carbocycles. The van der Waals surface area contributed by atoms with E-state index in [2.05, 4.69) is 6.92 Å². The van der Waals surface area contributed by atoms with E-state index in [1.165, 1.54) is 5.75 Å². The van der Waals surface area contributed by atoms with Crippen LogP contribution in [0, 0.1) is 0 Å². The summed E-state index contributed by atoms with van der Waals surface area (Å²) >= 11 is 10.1. The van der Waals surface area contributed by atoms with Crippen LogP contribution in [0.5, 0.6) is 0 Å². The molecule has 100 valence electrons. The zero-order chi connectivity index (χ0) is 13.0. The summed E-state index contributed by atoms with van der Waals surface area (Å²) in [4.78, 5) is 0. The van der Waals surface area contributed by atoms with Crippen LogP contribution >= 0.6 is 35.1 Å². The van der Waals surface area contributed by atoms with Gasteiger partial charge in [-0.25, -0.2) is 0 Å². The van der Waals surface area contributed by atoms with Gasteiger partial charge in [-0.15, -0.1) is 0 Å². The Hall–Kier alpha value is 0.170. The van der Waals surface area contributed by atoms with Crippen LogP contribution in [0.15, 0.2) is 24.3 Å². The van der Waals surface area contributed by atoms with Gasteiger partial charge in [0.25, 0.3) is 0 Å². The minimum absolute atomic E-state index is 0.298. The molecule has 3 atom stereocenters. The number of aliphatic hydroxyl groups excluding tert-OH is 1. The number of thioether (sulfide) groups is 2. The van der Waals surface area contributed by atoms with Crippen LogP contribution in [-0.4, -0.2) is 33.2 Å². The Bertz CT molecular complexity index is 386. The van der Waals surface area contributed by atoms with Gasteiger partial charge in [-0.1, -0.05) is 36.7 Å². The first-order valence-electron chi connectivity index (χ1n) is 6.37. The van der Waals surface area contributed by atoms with Crippen LogP contribution in [-0.2, 0) is 6.42 Å². The highest BCUT2D eigenvalue weighted by Crippen LogP contribution is 2.36. The maximum absolute atomic E-state index is 10.5. The van der Waals surface area contributed by atoms with Crippen LogP contribution in [0.3, 0.4) is 0 Å². The quantitative estimate of drug-likeness (QED) is 0.912. The lowest BCUT2D eigenvalue weighted by Gasteiger charge is -2.33. The molecule has 1 N–H and O–H groups in total. The van der Waals surface area contributed by atoms with E-state index < -0.39 is 0 Å². The van der Waals surface area contributed by atoms with Gasteiger partial charge in [0.2, 0.25) is 0 Å². The predicted octanol–water partition coefficient (Wildman–Crippen LogP) is 3.87. The lowest BCUT2D eigenvalue weighted by Crippen LogP contribution is -2.37. The normalized spacial score (nSPS) is 25.9. The van der Waals surface area contributed by atoms with E-state index in [1.807, 2.05) is 47.8 Å². The third kappa shape index (κ3) is 3.60. The minimum atomic E-state index is -0.298. The van der Waals surface area contributed by atoms with Crippen molar-refractivity contribution in [2.45, 2.75) is 36.4 Å². The molecule has 18 heavy (non-hydrogen) atoms. The summed E-state index contributed by atoms with van der Waals surface area (Å²) in [6, 6.07) is 7.81. The molecule has 1 heterocycles. The molecule has 0 bridgehead atoms. The molecule has 1 nitrogen and oxygen atoms in total. The van der Waals surface area contributed by atoms with Crippen molar-refractivity contribution in [1.82, 2.24) is 0 Å². The second kappa shape index (κ2) is 7.09. The number of hydrogen-bond acceptors (Lipinski definition) is 3. The van der Waals surface area contributed by atoms with Crippen molar-refractivity contribution in [2.75, 3.05) is 11.5 Å². The molecular formula is C14H19ClOS2. The highest BCUT2D eigenvalue weighted by molar-refractivity contribution is 8.07. The van der Waals surface area contributed by atoms with Crippen LogP contribution < -0.4 is 0 Å². The van der Waals surface area contributed by atoms with E-state index >= 15 is 0 Å². The van der Waals surface area contributed by atoms with Gasteiger partial charge >= 0.3 is 0 Å². The van der Waals surface area contributed by atoms with Crippen LogP contribution in [0.1, 0.15) is 18.9 Å². The van der Waals surface area contributed by atoms with E-state index in [4.69, 9.17) is 11.6 Å². The molecule has 1 aliphatic heterocycles. The lowest BCUT2D eigenvalue weighted by molar-refractivity contribution is 0.169. The molecule has 0 saturated carbocycles. The smallest absolute Gasteiger partial charge is 0.0710 e. The van der Waals surface area contributed by atoms with Gasteiger partial charge in [0.05, 0.1) is 6.10 Å². The highest BCUT2D eigenvalue weighted by Gasteiger charge is 2.31. The largest absolute Gasteiger partial charge is 0.392 e. The first kappa shape index (κ1) is 14.6. The molecule has 1 aromatic rings.